The van der Waals surface area contributed by atoms with Crippen molar-refractivity contribution < 1.29 is 23.4 Å². The first kappa shape index (κ1) is 25.2. The van der Waals surface area contributed by atoms with Crippen LogP contribution in [0.1, 0.15) is 41.1 Å². The highest BCUT2D eigenvalue weighted by molar-refractivity contribution is 5.97. The van der Waals surface area contributed by atoms with Crippen LogP contribution < -0.4 is 21.5 Å². The molecular weight excluding hydrogens is 478 g/mol. The normalized spacial score (nSPS) is 19.9. The van der Waals surface area contributed by atoms with Crippen LogP contribution in [0.2, 0.25) is 0 Å². The maximum absolute atomic E-state index is 14.2. The number of hydrogen-bond donors (Lipinski definition) is 3. The second-order valence-corrected chi connectivity index (χ2v) is 9.37. The third-order valence-corrected chi connectivity index (χ3v) is 6.15. The van der Waals surface area contributed by atoms with E-state index in [0.717, 1.165) is 0 Å². The molecule has 192 valence electrons. The summed E-state index contributed by atoms with van der Waals surface area (Å²) in [6.07, 6.45) is 2.32. The minimum Gasteiger partial charge on any atom is -0.504 e. The van der Waals surface area contributed by atoms with Gasteiger partial charge in [0.15, 0.2) is 11.4 Å². The van der Waals surface area contributed by atoms with E-state index in [-0.39, 0.29) is 22.8 Å². The molecule has 0 saturated carbocycles. The number of aryl methyl sites for hydroxylation is 2. The van der Waals surface area contributed by atoms with E-state index in [1.807, 2.05) is 0 Å². The molecule has 0 aliphatic carbocycles. The fraction of sp³-hybridized carbons (Fsp3) is 0.435. The number of anilines is 3. The van der Waals surface area contributed by atoms with E-state index in [9.17, 15) is 28.3 Å². The lowest BCUT2D eigenvalue weighted by molar-refractivity contribution is -0.0248. The van der Waals surface area contributed by atoms with E-state index in [1.165, 1.54) is 42.9 Å². The molecule has 3 N–H and O–H groups in total. The number of alkyl halides is 2. The molecule has 0 spiro atoms. The van der Waals surface area contributed by atoms with Gasteiger partial charge in [0, 0.05) is 40.0 Å². The van der Waals surface area contributed by atoms with Gasteiger partial charge in [-0.2, -0.15) is 5.10 Å². The molecule has 0 bridgehead atoms. The van der Waals surface area contributed by atoms with Crippen LogP contribution in [0.4, 0.5) is 25.8 Å². The molecule has 1 fully saturated rings. The van der Waals surface area contributed by atoms with Crippen LogP contribution in [0.3, 0.4) is 0 Å². The van der Waals surface area contributed by atoms with Crippen LogP contribution in [-0.4, -0.2) is 62.9 Å². The number of halogens is 2. The number of carbonyl (C=O) groups excluding carboxylic acids is 1. The van der Waals surface area contributed by atoms with Crippen molar-refractivity contribution in [1.82, 2.24) is 19.7 Å². The Morgan fingerprint density at radius 1 is 1.28 bits per heavy atom. The van der Waals surface area contributed by atoms with Gasteiger partial charge in [0.05, 0.1) is 23.0 Å². The van der Waals surface area contributed by atoms with E-state index in [4.69, 9.17) is 4.74 Å². The monoisotopic (exact) mass is 504 g/mol. The van der Waals surface area contributed by atoms with Gasteiger partial charge in [-0.1, -0.05) is 0 Å². The minimum atomic E-state index is -3.08. The number of aromatic hydroxyl groups is 1. The lowest BCUT2D eigenvalue weighted by atomic mass is 9.88. The number of nitrogens with zero attached hydrogens (tertiary/aromatic N) is 4. The zero-order valence-corrected chi connectivity index (χ0v) is 20.3. The number of amides is 1. The molecule has 3 heterocycles. The van der Waals surface area contributed by atoms with E-state index < -0.39 is 53.1 Å². The number of ether oxygens (including phenoxy) is 1. The molecule has 3 aromatic rings. The van der Waals surface area contributed by atoms with Crippen molar-refractivity contribution in [3.63, 3.8) is 0 Å². The average Bonchev–Trinajstić information content (AvgIpc) is 3.29. The van der Waals surface area contributed by atoms with Gasteiger partial charge in [0.2, 0.25) is 0 Å². The SMILES string of the molecule is Cc1cn(C)nc1C(Nc1c(Nc2ccnc(C(=O)N(C)C)c2O)c(=O)c1=O)[C@]1(C)CC(F)(F)CO1. The van der Waals surface area contributed by atoms with Gasteiger partial charge in [-0.25, -0.2) is 13.8 Å². The molecule has 4 rings (SSSR count). The number of nitrogens with one attached hydrogen (secondary N) is 2. The molecule has 2 atom stereocenters. The quantitative estimate of drug-likeness (QED) is 0.411. The molecule has 2 aromatic heterocycles. The molecule has 0 radical (unpaired) electrons. The van der Waals surface area contributed by atoms with Crippen LogP contribution in [0.15, 0.2) is 28.0 Å². The molecule has 1 aromatic carbocycles. The standard InChI is InChI=1S/C23H26F2N6O5/c1-11-8-31(5)29-13(11)20(22(2)9-23(24,25)10-36-22)28-15-14(18(33)19(15)34)27-12-6-7-26-16(17(12)32)21(35)30(3)4/h6-8,20,28,32H,9-10H2,1-5H3,(H,26,27)/t20?,22-/m0/s1. The summed E-state index contributed by atoms with van der Waals surface area (Å²) in [5.41, 5.74) is -2.83. The number of carbonyl (C=O) groups is 1. The third kappa shape index (κ3) is 4.30. The molecule has 1 amide bonds. The van der Waals surface area contributed by atoms with Crippen LogP contribution >= 0.6 is 0 Å². The Morgan fingerprint density at radius 3 is 2.50 bits per heavy atom. The number of pyridine rings is 1. The van der Waals surface area contributed by atoms with Crippen LogP contribution in [0.5, 0.6) is 5.75 Å². The van der Waals surface area contributed by atoms with Gasteiger partial charge in [0.1, 0.15) is 18.0 Å². The highest BCUT2D eigenvalue weighted by atomic mass is 19.3. The summed E-state index contributed by atoms with van der Waals surface area (Å²) >= 11 is 0. The molecule has 1 aliphatic heterocycles. The molecule has 11 nitrogen and oxygen atoms in total. The van der Waals surface area contributed by atoms with Crippen molar-refractivity contribution >= 4 is 23.0 Å². The summed E-state index contributed by atoms with van der Waals surface area (Å²) in [6.45, 7) is 2.44. The topological polar surface area (TPSA) is 139 Å². The Kier molecular flexibility index (Phi) is 6.07. The number of rotatable bonds is 7. The second-order valence-electron chi connectivity index (χ2n) is 9.37. The minimum absolute atomic E-state index is 0.0363. The Morgan fingerprint density at radius 2 is 1.94 bits per heavy atom. The number of hydrogen-bond acceptors (Lipinski definition) is 9. The van der Waals surface area contributed by atoms with Crippen molar-refractivity contribution in [2.24, 2.45) is 7.05 Å². The Bertz CT molecular complexity index is 1410. The zero-order chi connectivity index (χ0) is 26.6. The fourth-order valence-corrected chi connectivity index (χ4v) is 4.34. The maximum Gasteiger partial charge on any atom is 0.275 e. The highest BCUT2D eigenvalue weighted by Gasteiger charge is 2.54. The van der Waals surface area contributed by atoms with E-state index >= 15 is 0 Å². The first-order chi connectivity index (χ1) is 16.7. The van der Waals surface area contributed by atoms with E-state index in [2.05, 4.69) is 20.7 Å². The van der Waals surface area contributed by atoms with Crippen LogP contribution in [0, 0.1) is 6.92 Å². The largest absolute Gasteiger partial charge is 0.504 e. The summed E-state index contributed by atoms with van der Waals surface area (Å²) in [6, 6.07) is 0.318. The average molecular weight is 504 g/mol. The van der Waals surface area contributed by atoms with Gasteiger partial charge in [-0.3, -0.25) is 19.1 Å². The van der Waals surface area contributed by atoms with Crippen LogP contribution in [0.25, 0.3) is 0 Å². The second kappa shape index (κ2) is 8.66. The Balaban J connectivity index is 1.72. The summed E-state index contributed by atoms with van der Waals surface area (Å²) in [7, 11) is 4.64. The summed E-state index contributed by atoms with van der Waals surface area (Å²) in [5.74, 6) is -4.17. The van der Waals surface area contributed by atoms with Crippen molar-refractivity contribution in [3.05, 3.63) is 55.9 Å². The molecule has 1 unspecified atom stereocenters. The molecule has 1 saturated heterocycles. The zero-order valence-electron chi connectivity index (χ0n) is 20.3. The first-order valence-corrected chi connectivity index (χ1v) is 11.0. The van der Waals surface area contributed by atoms with Crippen molar-refractivity contribution in [1.29, 1.82) is 0 Å². The van der Waals surface area contributed by atoms with Gasteiger partial charge < -0.3 is 25.4 Å². The van der Waals surface area contributed by atoms with Gasteiger partial charge in [-0.15, -0.1) is 0 Å². The van der Waals surface area contributed by atoms with Gasteiger partial charge in [-0.05, 0) is 25.5 Å². The van der Waals surface area contributed by atoms with Crippen molar-refractivity contribution in [2.45, 2.75) is 37.8 Å². The van der Waals surface area contributed by atoms with Crippen LogP contribution in [-0.2, 0) is 11.8 Å². The highest BCUT2D eigenvalue weighted by Crippen LogP contribution is 2.46. The molecular formula is C23H26F2N6O5. The Labute approximate surface area is 204 Å². The summed E-state index contributed by atoms with van der Waals surface area (Å²) in [4.78, 5) is 42.4. The molecule has 1 aliphatic rings. The van der Waals surface area contributed by atoms with E-state index in [0.29, 0.717) is 11.3 Å². The molecule has 36 heavy (non-hydrogen) atoms. The predicted molar refractivity (Wildman–Crippen MR) is 127 cm³/mol. The van der Waals surface area contributed by atoms with Crippen molar-refractivity contribution in [2.75, 3.05) is 31.3 Å². The predicted octanol–water partition coefficient (Wildman–Crippen LogP) is 1.84. The fourth-order valence-electron chi connectivity index (χ4n) is 4.34. The first-order valence-electron chi connectivity index (χ1n) is 11.0. The lowest BCUT2D eigenvalue weighted by Crippen LogP contribution is -2.43. The Hall–Kier alpha value is -3.87. The maximum atomic E-state index is 14.2. The lowest BCUT2D eigenvalue weighted by Gasteiger charge is -2.34. The van der Waals surface area contributed by atoms with E-state index in [1.54, 1.807) is 20.2 Å². The van der Waals surface area contributed by atoms with Gasteiger partial charge in [0.25, 0.3) is 22.7 Å². The van der Waals surface area contributed by atoms with Crippen molar-refractivity contribution in [3.8, 4) is 5.75 Å². The summed E-state index contributed by atoms with van der Waals surface area (Å²) < 4.78 is 35.4. The van der Waals surface area contributed by atoms with Gasteiger partial charge >= 0.3 is 0 Å². The summed E-state index contributed by atoms with van der Waals surface area (Å²) in [5, 5.41) is 20.5. The third-order valence-electron chi connectivity index (χ3n) is 6.15. The smallest absolute Gasteiger partial charge is 0.275 e. The molecule has 13 heteroatoms. The number of aromatic nitrogens is 3.